The molecule has 2 aromatic carbocycles. The Bertz CT molecular complexity index is 599. The van der Waals surface area contributed by atoms with Crippen molar-refractivity contribution in [2.24, 2.45) is 0 Å². The van der Waals surface area contributed by atoms with E-state index in [4.69, 9.17) is 9.47 Å². The zero-order valence-corrected chi connectivity index (χ0v) is 11.6. The maximum absolute atomic E-state index is 12.7. The molecule has 21 heavy (non-hydrogen) atoms. The van der Waals surface area contributed by atoms with Crippen LogP contribution < -0.4 is 14.8 Å². The van der Waals surface area contributed by atoms with Gasteiger partial charge < -0.3 is 14.8 Å². The molecule has 0 spiro atoms. The van der Waals surface area contributed by atoms with Crippen LogP contribution in [0.1, 0.15) is 10.4 Å². The number of rotatable bonds is 6. The van der Waals surface area contributed by atoms with Gasteiger partial charge in [-0.2, -0.15) is 0 Å². The van der Waals surface area contributed by atoms with Gasteiger partial charge in [0, 0.05) is 11.6 Å². The van der Waals surface area contributed by atoms with Gasteiger partial charge in [-0.1, -0.05) is 6.07 Å². The van der Waals surface area contributed by atoms with E-state index in [9.17, 15) is 9.18 Å². The van der Waals surface area contributed by atoms with Gasteiger partial charge in [-0.15, -0.1) is 0 Å². The molecule has 1 N–H and O–H groups in total. The van der Waals surface area contributed by atoms with Crippen molar-refractivity contribution in [3.63, 3.8) is 0 Å². The van der Waals surface area contributed by atoms with Gasteiger partial charge >= 0.3 is 0 Å². The van der Waals surface area contributed by atoms with Gasteiger partial charge in [0.05, 0.1) is 13.7 Å². The molecule has 0 radical (unpaired) electrons. The van der Waals surface area contributed by atoms with Crippen LogP contribution in [0, 0.1) is 5.82 Å². The molecule has 0 saturated carbocycles. The van der Waals surface area contributed by atoms with Gasteiger partial charge in [-0.05, 0) is 36.4 Å². The average Bonchev–Trinajstić information content (AvgIpc) is 2.52. The summed E-state index contributed by atoms with van der Waals surface area (Å²) in [5.74, 6) is 0.755. The molecule has 2 rings (SSSR count). The van der Waals surface area contributed by atoms with Crippen molar-refractivity contribution in [3.05, 3.63) is 59.9 Å². The predicted octanol–water partition coefficient (Wildman–Crippen LogP) is 2.64. The van der Waals surface area contributed by atoms with Crippen molar-refractivity contribution in [2.45, 2.75) is 0 Å². The van der Waals surface area contributed by atoms with Crippen LogP contribution in [0.2, 0.25) is 0 Å². The van der Waals surface area contributed by atoms with Crippen LogP contribution in [0.15, 0.2) is 48.5 Å². The smallest absolute Gasteiger partial charge is 0.251 e. The zero-order chi connectivity index (χ0) is 15.1. The summed E-state index contributed by atoms with van der Waals surface area (Å²) in [5.41, 5.74) is 0.415. The number of carbonyl (C=O) groups is 1. The molecule has 110 valence electrons. The molecule has 4 nitrogen and oxygen atoms in total. The highest BCUT2D eigenvalue weighted by Gasteiger charge is 2.04. The number of ether oxygens (including phenoxy) is 2. The lowest BCUT2D eigenvalue weighted by Crippen LogP contribution is -2.28. The minimum Gasteiger partial charge on any atom is -0.497 e. The van der Waals surface area contributed by atoms with E-state index in [2.05, 4.69) is 5.32 Å². The third-order valence-electron chi connectivity index (χ3n) is 2.80. The van der Waals surface area contributed by atoms with Crippen molar-refractivity contribution in [1.82, 2.24) is 5.32 Å². The van der Waals surface area contributed by atoms with Crippen LogP contribution in [0.3, 0.4) is 0 Å². The quantitative estimate of drug-likeness (QED) is 0.832. The van der Waals surface area contributed by atoms with Crippen LogP contribution in [-0.2, 0) is 0 Å². The van der Waals surface area contributed by atoms with Gasteiger partial charge in [-0.25, -0.2) is 4.39 Å². The van der Waals surface area contributed by atoms with Gasteiger partial charge in [0.25, 0.3) is 5.91 Å². The van der Waals surface area contributed by atoms with E-state index in [1.165, 1.54) is 24.3 Å². The minimum atomic E-state index is -0.368. The number of hydrogen-bond acceptors (Lipinski definition) is 3. The molecule has 0 aromatic heterocycles. The van der Waals surface area contributed by atoms with Crippen LogP contribution >= 0.6 is 0 Å². The van der Waals surface area contributed by atoms with Crippen LogP contribution in [-0.4, -0.2) is 26.2 Å². The Balaban J connectivity index is 1.76. The van der Waals surface area contributed by atoms with Crippen molar-refractivity contribution in [2.75, 3.05) is 20.3 Å². The van der Waals surface area contributed by atoms with E-state index in [0.717, 1.165) is 0 Å². The summed E-state index contributed by atoms with van der Waals surface area (Å²) in [6, 6.07) is 12.6. The maximum atomic E-state index is 12.7. The van der Waals surface area contributed by atoms with Crippen molar-refractivity contribution >= 4 is 5.91 Å². The van der Waals surface area contributed by atoms with E-state index in [-0.39, 0.29) is 11.7 Å². The van der Waals surface area contributed by atoms with Gasteiger partial charge in [0.2, 0.25) is 0 Å². The fourth-order valence-corrected chi connectivity index (χ4v) is 1.73. The monoisotopic (exact) mass is 289 g/mol. The van der Waals surface area contributed by atoms with Gasteiger partial charge in [0.1, 0.15) is 23.9 Å². The molecule has 1 amide bonds. The largest absolute Gasteiger partial charge is 0.497 e. The van der Waals surface area contributed by atoms with E-state index in [1.54, 1.807) is 13.2 Å². The Hall–Kier alpha value is -2.56. The van der Waals surface area contributed by atoms with Crippen molar-refractivity contribution < 1.29 is 18.7 Å². The fourth-order valence-electron chi connectivity index (χ4n) is 1.73. The molecular weight excluding hydrogens is 273 g/mol. The molecule has 0 unspecified atom stereocenters. The molecule has 2 aromatic rings. The van der Waals surface area contributed by atoms with Crippen molar-refractivity contribution in [3.8, 4) is 11.5 Å². The third-order valence-corrected chi connectivity index (χ3v) is 2.80. The number of hydrogen-bond donors (Lipinski definition) is 1. The summed E-state index contributed by atoms with van der Waals surface area (Å²) in [5, 5.41) is 2.70. The minimum absolute atomic E-state index is 0.260. The molecule has 0 atom stereocenters. The Kier molecular flexibility index (Phi) is 5.15. The van der Waals surface area contributed by atoms with Crippen LogP contribution in [0.25, 0.3) is 0 Å². The molecule has 0 fully saturated rings. The fraction of sp³-hybridized carbons (Fsp3) is 0.188. The van der Waals surface area contributed by atoms with E-state index < -0.39 is 0 Å². The first-order valence-electron chi connectivity index (χ1n) is 6.49. The number of benzene rings is 2. The Morgan fingerprint density at radius 1 is 1.14 bits per heavy atom. The molecule has 0 aliphatic carbocycles. The molecule has 0 bridgehead atoms. The summed E-state index contributed by atoms with van der Waals surface area (Å²) in [4.78, 5) is 11.8. The normalized spacial score (nSPS) is 10.0. The molecule has 5 heteroatoms. The second kappa shape index (κ2) is 7.28. The summed E-state index contributed by atoms with van der Waals surface area (Å²) < 4.78 is 23.3. The first-order valence-corrected chi connectivity index (χ1v) is 6.49. The lowest BCUT2D eigenvalue weighted by Gasteiger charge is -2.09. The second-order valence-corrected chi connectivity index (χ2v) is 4.29. The summed E-state index contributed by atoms with van der Waals surface area (Å²) in [6.45, 7) is 0.688. The molecular formula is C16H16FNO3. The number of amides is 1. The number of carbonyl (C=O) groups excluding carboxylic acids is 1. The number of halogens is 1. The first-order chi connectivity index (χ1) is 10.2. The van der Waals surface area contributed by atoms with E-state index in [0.29, 0.717) is 30.2 Å². The Morgan fingerprint density at radius 2 is 1.86 bits per heavy atom. The van der Waals surface area contributed by atoms with Crippen LogP contribution in [0.5, 0.6) is 11.5 Å². The second-order valence-electron chi connectivity index (χ2n) is 4.29. The van der Waals surface area contributed by atoms with Crippen LogP contribution in [0.4, 0.5) is 4.39 Å². The summed E-state index contributed by atoms with van der Waals surface area (Å²) in [6.07, 6.45) is 0. The Morgan fingerprint density at radius 3 is 2.57 bits per heavy atom. The highest BCUT2D eigenvalue weighted by atomic mass is 19.1. The molecule has 0 heterocycles. The lowest BCUT2D eigenvalue weighted by atomic mass is 10.2. The highest BCUT2D eigenvalue weighted by molar-refractivity contribution is 5.94. The van der Waals surface area contributed by atoms with Crippen molar-refractivity contribution in [1.29, 1.82) is 0 Å². The Labute approximate surface area is 122 Å². The average molecular weight is 289 g/mol. The SMILES string of the molecule is COc1cccc(OCCNC(=O)c2ccc(F)cc2)c1. The first kappa shape index (κ1) is 14.8. The molecule has 0 aliphatic rings. The standard InChI is InChI=1S/C16H16FNO3/c1-20-14-3-2-4-15(11-14)21-10-9-18-16(19)12-5-7-13(17)8-6-12/h2-8,11H,9-10H2,1H3,(H,18,19). The summed E-state index contributed by atoms with van der Waals surface area (Å²) >= 11 is 0. The van der Waals surface area contributed by atoms with Gasteiger partial charge in [0.15, 0.2) is 0 Å². The highest BCUT2D eigenvalue weighted by Crippen LogP contribution is 2.18. The van der Waals surface area contributed by atoms with E-state index >= 15 is 0 Å². The summed E-state index contributed by atoms with van der Waals surface area (Å²) in [7, 11) is 1.59. The number of nitrogens with one attached hydrogen (secondary N) is 1. The maximum Gasteiger partial charge on any atom is 0.251 e. The predicted molar refractivity (Wildman–Crippen MR) is 77.2 cm³/mol. The third kappa shape index (κ3) is 4.49. The van der Waals surface area contributed by atoms with Gasteiger partial charge in [-0.3, -0.25) is 4.79 Å². The zero-order valence-electron chi connectivity index (χ0n) is 11.6. The lowest BCUT2D eigenvalue weighted by molar-refractivity contribution is 0.0947. The number of methoxy groups -OCH3 is 1. The van der Waals surface area contributed by atoms with E-state index in [1.807, 2.05) is 18.2 Å². The topological polar surface area (TPSA) is 47.6 Å². The molecule has 0 aliphatic heterocycles. The molecule has 0 saturated heterocycles.